The van der Waals surface area contributed by atoms with Crippen LogP contribution in [-0.4, -0.2) is 62.9 Å². The predicted octanol–water partition coefficient (Wildman–Crippen LogP) is 4.01. The van der Waals surface area contributed by atoms with Gasteiger partial charge in [-0.1, -0.05) is 19.9 Å². The number of alkyl halides is 2. The lowest BCUT2D eigenvalue weighted by molar-refractivity contribution is -0.116. The number of nitrogens with one attached hydrogen (secondary N) is 2. The van der Waals surface area contributed by atoms with Crippen LogP contribution >= 0.6 is 0 Å². The molecule has 0 saturated carbocycles. The minimum atomic E-state index is -2.97. The Bertz CT molecular complexity index is 1100. The summed E-state index contributed by atoms with van der Waals surface area (Å²) in [6.45, 7) is 8.53. The molecule has 1 unspecified atom stereocenters. The summed E-state index contributed by atoms with van der Waals surface area (Å²) in [5.41, 5.74) is 1.96. The van der Waals surface area contributed by atoms with Gasteiger partial charge in [-0.05, 0) is 31.4 Å². The van der Waals surface area contributed by atoms with Crippen LogP contribution in [0.3, 0.4) is 0 Å². The summed E-state index contributed by atoms with van der Waals surface area (Å²) in [6, 6.07) is 5.46. The van der Waals surface area contributed by atoms with E-state index in [4.69, 9.17) is 5.26 Å². The first-order chi connectivity index (χ1) is 17.1. The number of pyridine rings is 1. The van der Waals surface area contributed by atoms with Crippen LogP contribution in [0.5, 0.6) is 0 Å². The highest BCUT2D eigenvalue weighted by Gasteiger charge is 2.37. The number of amides is 1. The molecule has 2 N–H and O–H groups in total. The average molecular weight is 500 g/mol. The number of nitriles is 1. The highest BCUT2D eigenvalue weighted by Crippen LogP contribution is 2.34. The molecule has 0 bridgehead atoms. The molecule has 0 radical (unpaired) electrons. The SMILES string of the molecule is CC[C@H]1CN(C(C)c2ccc(C(C)(F)F)nc2)[C@H](CC)CN1/C(=C/C(=O)NC)c1nc(CC#N)c[nH]1. The molecule has 1 fully saturated rings. The summed E-state index contributed by atoms with van der Waals surface area (Å²) >= 11 is 0. The van der Waals surface area contributed by atoms with Crippen LogP contribution in [0.25, 0.3) is 5.70 Å². The number of rotatable bonds is 9. The highest BCUT2D eigenvalue weighted by molar-refractivity contribution is 5.94. The molecule has 3 heterocycles. The fraction of sp³-hybridized carbons (Fsp3) is 0.538. The van der Waals surface area contributed by atoms with E-state index in [2.05, 4.69) is 56.9 Å². The van der Waals surface area contributed by atoms with Crippen molar-refractivity contribution in [3.05, 3.63) is 53.4 Å². The number of halogens is 2. The number of hydrogen-bond donors (Lipinski definition) is 2. The van der Waals surface area contributed by atoms with Crippen molar-refractivity contribution in [2.45, 2.75) is 71.0 Å². The molecule has 194 valence electrons. The van der Waals surface area contributed by atoms with Gasteiger partial charge in [0.1, 0.15) is 5.69 Å². The first-order valence-electron chi connectivity index (χ1n) is 12.3. The molecule has 0 aromatic carbocycles. The minimum Gasteiger partial charge on any atom is -0.363 e. The summed E-state index contributed by atoms with van der Waals surface area (Å²) < 4.78 is 27.3. The Labute approximate surface area is 211 Å². The van der Waals surface area contributed by atoms with Crippen molar-refractivity contribution in [1.82, 2.24) is 30.1 Å². The number of H-pyrrole nitrogens is 1. The molecular formula is C26H35F2N7O. The number of nitrogens with zero attached hydrogens (tertiary/aromatic N) is 5. The molecule has 3 atom stereocenters. The molecular weight excluding hydrogens is 464 g/mol. The van der Waals surface area contributed by atoms with Gasteiger partial charge in [-0.3, -0.25) is 14.7 Å². The molecule has 2 aromatic rings. The third-order valence-electron chi connectivity index (χ3n) is 6.85. The lowest BCUT2D eigenvalue weighted by atomic mass is 9.97. The van der Waals surface area contributed by atoms with Crippen molar-refractivity contribution >= 4 is 11.6 Å². The Balaban J connectivity index is 1.91. The zero-order chi connectivity index (χ0) is 26.5. The van der Waals surface area contributed by atoms with Crippen molar-refractivity contribution in [3.8, 4) is 6.07 Å². The van der Waals surface area contributed by atoms with Crippen LogP contribution in [-0.2, 0) is 17.1 Å². The van der Waals surface area contributed by atoms with E-state index in [-0.39, 0.29) is 36.1 Å². The molecule has 36 heavy (non-hydrogen) atoms. The summed E-state index contributed by atoms with van der Waals surface area (Å²) in [7, 11) is 1.58. The van der Waals surface area contributed by atoms with E-state index in [1.807, 2.05) is 0 Å². The van der Waals surface area contributed by atoms with Crippen LogP contribution in [0.2, 0.25) is 0 Å². The Morgan fingerprint density at radius 2 is 2.06 bits per heavy atom. The van der Waals surface area contributed by atoms with Gasteiger partial charge in [0.25, 0.3) is 5.92 Å². The summed E-state index contributed by atoms with van der Waals surface area (Å²) in [6.07, 6.45) is 6.67. The van der Waals surface area contributed by atoms with E-state index < -0.39 is 5.92 Å². The molecule has 10 heteroatoms. The predicted molar refractivity (Wildman–Crippen MR) is 134 cm³/mol. The maximum absolute atomic E-state index is 13.6. The van der Waals surface area contributed by atoms with Crippen LogP contribution < -0.4 is 5.32 Å². The number of imidazole rings is 1. The molecule has 1 aliphatic heterocycles. The van der Waals surface area contributed by atoms with Gasteiger partial charge in [0, 0.05) is 63.7 Å². The van der Waals surface area contributed by atoms with Crippen molar-refractivity contribution in [3.63, 3.8) is 0 Å². The van der Waals surface area contributed by atoms with E-state index in [1.54, 1.807) is 31.6 Å². The van der Waals surface area contributed by atoms with Crippen LogP contribution in [0.4, 0.5) is 8.78 Å². The van der Waals surface area contributed by atoms with E-state index in [1.165, 1.54) is 6.07 Å². The maximum atomic E-state index is 13.6. The number of piperazine rings is 1. The molecule has 1 aliphatic rings. The van der Waals surface area contributed by atoms with Gasteiger partial charge in [-0.15, -0.1) is 0 Å². The zero-order valence-corrected chi connectivity index (χ0v) is 21.6. The minimum absolute atomic E-state index is 0.0182. The molecule has 1 saturated heterocycles. The van der Waals surface area contributed by atoms with Crippen LogP contribution in [0.15, 0.2) is 30.6 Å². The second-order valence-corrected chi connectivity index (χ2v) is 9.23. The lowest BCUT2D eigenvalue weighted by Crippen LogP contribution is -2.57. The van der Waals surface area contributed by atoms with Crippen molar-refractivity contribution < 1.29 is 13.6 Å². The number of aromatic amines is 1. The van der Waals surface area contributed by atoms with Gasteiger partial charge in [-0.2, -0.15) is 14.0 Å². The monoisotopic (exact) mass is 499 g/mol. The third-order valence-corrected chi connectivity index (χ3v) is 6.85. The molecule has 8 nitrogen and oxygen atoms in total. The van der Waals surface area contributed by atoms with Crippen molar-refractivity contribution in [1.29, 1.82) is 5.26 Å². The van der Waals surface area contributed by atoms with E-state index >= 15 is 0 Å². The molecule has 1 amide bonds. The van der Waals surface area contributed by atoms with Gasteiger partial charge in [0.15, 0.2) is 5.82 Å². The van der Waals surface area contributed by atoms with Gasteiger partial charge in [0.2, 0.25) is 5.91 Å². The number of carbonyl (C=O) groups excluding carboxylic acids is 1. The first kappa shape index (κ1) is 27.3. The zero-order valence-electron chi connectivity index (χ0n) is 21.6. The number of carbonyl (C=O) groups is 1. The van der Waals surface area contributed by atoms with E-state index in [0.717, 1.165) is 31.9 Å². The second kappa shape index (κ2) is 11.6. The fourth-order valence-electron chi connectivity index (χ4n) is 4.70. The summed E-state index contributed by atoms with van der Waals surface area (Å²) in [5, 5.41) is 11.7. The third kappa shape index (κ3) is 6.08. The van der Waals surface area contributed by atoms with E-state index in [0.29, 0.717) is 23.8 Å². The number of likely N-dealkylation sites (N-methyl/N-ethyl adjacent to an activating group) is 1. The van der Waals surface area contributed by atoms with E-state index in [9.17, 15) is 13.6 Å². The molecule has 3 rings (SSSR count). The van der Waals surface area contributed by atoms with Crippen molar-refractivity contribution in [2.75, 3.05) is 20.1 Å². The quantitative estimate of drug-likeness (QED) is 0.506. The second-order valence-electron chi connectivity index (χ2n) is 9.23. The Morgan fingerprint density at radius 3 is 2.61 bits per heavy atom. The highest BCUT2D eigenvalue weighted by atomic mass is 19.3. The fourth-order valence-corrected chi connectivity index (χ4v) is 4.70. The first-order valence-corrected chi connectivity index (χ1v) is 12.3. The molecule has 0 spiro atoms. The Hall–Kier alpha value is -3.32. The normalized spacial score (nSPS) is 20.2. The summed E-state index contributed by atoms with van der Waals surface area (Å²) in [4.78, 5) is 28.7. The number of hydrogen-bond acceptors (Lipinski definition) is 6. The van der Waals surface area contributed by atoms with Crippen LogP contribution in [0.1, 0.15) is 69.4 Å². The largest absolute Gasteiger partial charge is 0.363 e. The Kier molecular flexibility index (Phi) is 8.79. The lowest BCUT2D eigenvalue weighted by Gasteiger charge is -2.50. The van der Waals surface area contributed by atoms with Crippen LogP contribution in [0, 0.1) is 11.3 Å². The molecule has 0 aliphatic carbocycles. The number of aromatic nitrogens is 3. The van der Waals surface area contributed by atoms with Gasteiger partial charge >= 0.3 is 0 Å². The smallest absolute Gasteiger partial charge is 0.286 e. The van der Waals surface area contributed by atoms with Crippen molar-refractivity contribution in [2.24, 2.45) is 0 Å². The standard InChI is InChI=1S/C26H35F2N7O/c1-6-20-16-35(22(12-24(36)30-5)25-32-14-19(33-25)10-11-29)21(7-2)15-34(20)17(3)18-8-9-23(31-13-18)26(4,27)28/h8-9,12-14,17,20-21H,6-7,10,15-16H2,1-5H3,(H,30,36)(H,32,33)/b22-12+/t17?,20-,21+/m1/s1. The topological polar surface area (TPSA) is 101 Å². The maximum Gasteiger partial charge on any atom is 0.286 e. The van der Waals surface area contributed by atoms with Gasteiger partial charge in [0.05, 0.1) is 23.9 Å². The Morgan fingerprint density at radius 1 is 1.33 bits per heavy atom. The molecule has 2 aromatic heterocycles. The van der Waals surface area contributed by atoms with Gasteiger partial charge < -0.3 is 15.2 Å². The average Bonchev–Trinajstić information content (AvgIpc) is 3.34. The van der Waals surface area contributed by atoms with Gasteiger partial charge in [-0.25, -0.2) is 4.98 Å². The summed E-state index contributed by atoms with van der Waals surface area (Å²) in [5.74, 6) is -2.65.